The fourth-order valence-corrected chi connectivity index (χ4v) is 2.92. The maximum absolute atomic E-state index is 12.5. The van der Waals surface area contributed by atoms with Gasteiger partial charge in [0.2, 0.25) is 0 Å². The molecule has 2 aromatic carbocycles. The molecule has 0 fully saturated rings. The van der Waals surface area contributed by atoms with Crippen molar-refractivity contribution in [1.82, 2.24) is 5.32 Å². The first-order chi connectivity index (χ1) is 13.5. The first-order valence-corrected chi connectivity index (χ1v) is 9.26. The SMILES string of the molecule is CC[C@H](CNC(=O)[C@@H](C)OC(=O)c1cccc(OC)c1OC)c1ccccc1. The Labute approximate surface area is 165 Å². The van der Waals surface area contributed by atoms with E-state index in [0.29, 0.717) is 12.3 Å². The van der Waals surface area contributed by atoms with E-state index in [1.54, 1.807) is 25.1 Å². The normalized spacial score (nSPS) is 12.6. The van der Waals surface area contributed by atoms with Crippen LogP contribution in [-0.4, -0.2) is 38.7 Å². The number of benzene rings is 2. The summed E-state index contributed by atoms with van der Waals surface area (Å²) in [6.07, 6.45) is -0.0453. The van der Waals surface area contributed by atoms with Crippen molar-refractivity contribution in [3.05, 3.63) is 59.7 Å². The summed E-state index contributed by atoms with van der Waals surface area (Å²) in [4.78, 5) is 24.9. The topological polar surface area (TPSA) is 73.9 Å². The zero-order valence-electron chi connectivity index (χ0n) is 16.7. The summed E-state index contributed by atoms with van der Waals surface area (Å²) in [6.45, 7) is 4.09. The summed E-state index contributed by atoms with van der Waals surface area (Å²) in [5.74, 6) is -0.0925. The van der Waals surface area contributed by atoms with Crippen LogP contribution >= 0.6 is 0 Å². The Morgan fingerprint density at radius 2 is 1.71 bits per heavy atom. The summed E-state index contributed by atoms with van der Waals surface area (Å²) in [6, 6.07) is 14.9. The van der Waals surface area contributed by atoms with E-state index in [2.05, 4.69) is 12.2 Å². The molecule has 1 amide bonds. The molecule has 6 heteroatoms. The first-order valence-electron chi connectivity index (χ1n) is 9.26. The largest absolute Gasteiger partial charge is 0.493 e. The van der Waals surface area contributed by atoms with Gasteiger partial charge in [0.05, 0.1) is 14.2 Å². The summed E-state index contributed by atoms with van der Waals surface area (Å²) in [5.41, 5.74) is 1.37. The molecule has 0 heterocycles. The minimum atomic E-state index is -0.934. The number of carbonyl (C=O) groups is 2. The number of esters is 1. The number of ether oxygens (including phenoxy) is 3. The minimum absolute atomic E-state index is 0.200. The van der Waals surface area contributed by atoms with Crippen LogP contribution in [0, 0.1) is 0 Å². The molecular weight excluding hydrogens is 358 g/mol. The fourth-order valence-electron chi connectivity index (χ4n) is 2.92. The number of methoxy groups -OCH3 is 2. The standard InChI is InChI=1S/C22H27NO5/c1-5-16(17-10-7-6-8-11-17)14-23-21(24)15(2)28-22(25)18-12-9-13-19(26-3)20(18)27-4/h6-13,15-16H,5,14H2,1-4H3,(H,23,24)/t15-,16-/m1/s1. The van der Waals surface area contributed by atoms with Crippen molar-refractivity contribution >= 4 is 11.9 Å². The van der Waals surface area contributed by atoms with Gasteiger partial charge in [0.15, 0.2) is 17.6 Å². The minimum Gasteiger partial charge on any atom is -0.493 e. The van der Waals surface area contributed by atoms with Crippen LogP contribution in [0.15, 0.2) is 48.5 Å². The zero-order chi connectivity index (χ0) is 20.5. The Hall–Kier alpha value is -3.02. The van der Waals surface area contributed by atoms with Gasteiger partial charge in [-0.15, -0.1) is 0 Å². The van der Waals surface area contributed by atoms with E-state index in [4.69, 9.17) is 14.2 Å². The molecule has 2 aromatic rings. The van der Waals surface area contributed by atoms with Gasteiger partial charge in [-0.05, 0) is 31.0 Å². The monoisotopic (exact) mass is 385 g/mol. The van der Waals surface area contributed by atoms with Crippen molar-refractivity contribution in [1.29, 1.82) is 0 Å². The first kappa shape index (κ1) is 21.3. The third-order valence-electron chi connectivity index (χ3n) is 4.56. The van der Waals surface area contributed by atoms with Crippen LogP contribution in [0.1, 0.15) is 42.1 Å². The average molecular weight is 385 g/mol. The molecule has 1 N–H and O–H groups in total. The predicted octanol–water partition coefficient (Wildman–Crippen LogP) is 3.56. The average Bonchev–Trinajstić information content (AvgIpc) is 2.73. The van der Waals surface area contributed by atoms with Gasteiger partial charge >= 0.3 is 5.97 Å². The van der Waals surface area contributed by atoms with Gasteiger partial charge in [0.1, 0.15) is 5.56 Å². The molecule has 0 aliphatic rings. The van der Waals surface area contributed by atoms with Gasteiger partial charge in [-0.3, -0.25) is 4.79 Å². The molecule has 0 unspecified atom stereocenters. The summed E-state index contributed by atoms with van der Waals surface area (Å²) >= 11 is 0. The highest BCUT2D eigenvalue weighted by molar-refractivity contribution is 5.95. The fraction of sp³-hybridized carbons (Fsp3) is 0.364. The van der Waals surface area contributed by atoms with Gasteiger partial charge in [-0.2, -0.15) is 0 Å². The molecular formula is C22H27NO5. The molecule has 2 rings (SSSR count). The van der Waals surface area contributed by atoms with Gasteiger partial charge in [0, 0.05) is 12.5 Å². The van der Waals surface area contributed by atoms with Crippen LogP contribution in [0.25, 0.3) is 0 Å². The van der Waals surface area contributed by atoms with Crippen molar-refractivity contribution in [2.75, 3.05) is 20.8 Å². The van der Waals surface area contributed by atoms with E-state index in [9.17, 15) is 9.59 Å². The van der Waals surface area contributed by atoms with Crippen LogP contribution in [0.5, 0.6) is 11.5 Å². The van der Waals surface area contributed by atoms with E-state index in [0.717, 1.165) is 12.0 Å². The Morgan fingerprint density at radius 3 is 2.32 bits per heavy atom. The number of carbonyl (C=O) groups excluding carboxylic acids is 2. The van der Waals surface area contributed by atoms with Crippen molar-refractivity contribution in [3.8, 4) is 11.5 Å². The van der Waals surface area contributed by atoms with Crippen LogP contribution in [0.2, 0.25) is 0 Å². The highest BCUT2D eigenvalue weighted by Gasteiger charge is 2.23. The maximum Gasteiger partial charge on any atom is 0.342 e. The van der Waals surface area contributed by atoms with Crippen molar-refractivity contribution < 1.29 is 23.8 Å². The van der Waals surface area contributed by atoms with Gasteiger partial charge in [-0.1, -0.05) is 43.3 Å². The van der Waals surface area contributed by atoms with Crippen LogP contribution in [-0.2, 0) is 9.53 Å². The molecule has 0 aliphatic carbocycles. The second-order valence-corrected chi connectivity index (χ2v) is 6.35. The van der Waals surface area contributed by atoms with Gasteiger partial charge in [0.25, 0.3) is 5.91 Å². The van der Waals surface area contributed by atoms with Crippen LogP contribution in [0.3, 0.4) is 0 Å². The lowest BCUT2D eigenvalue weighted by atomic mass is 9.96. The van der Waals surface area contributed by atoms with Crippen LogP contribution < -0.4 is 14.8 Å². The molecule has 0 bridgehead atoms. The van der Waals surface area contributed by atoms with Crippen LogP contribution in [0.4, 0.5) is 0 Å². The number of rotatable bonds is 9. The number of amides is 1. The highest BCUT2D eigenvalue weighted by Crippen LogP contribution is 2.31. The molecule has 2 atom stereocenters. The third-order valence-corrected chi connectivity index (χ3v) is 4.56. The summed E-state index contributed by atoms with van der Waals surface area (Å²) in [5, 5.41) is 2.87. The van der Waals surface area contributed by atoms with E-state index in [1.807, 2.05) is 30.3 Å². The second-order valence-electron chi connectivity index (χ2n) is 6.35. The Morgan fingerprint density at radius 1 is 1.00 bits per heavy atom. The number of hydrogen-bond acceptors (Lipinski definition) is 5. The van der Waals surface area contributed by atoms with E-state index in [1.165, 1.54) is 14.2 Å². The quantitative estimate of drug-likeness (QED) is 0.668. The molecule has 6 nitrogen and oxygen atoms in total. The van der Waals surface area contributed by atoms with E-state index in [-0.39, 0.29) is 23.1 Å². The molecule has 0 radical (unpaired) electrons. The third kappa shape index (κ3) is 5.25. The number of para-hydroxylation sites is 1. The molecule has 28 heavy (non-hydrogen) atoms. The van der Waals surface area contributed by atoms with E-state index >= 15 is 0 Å². The molecule has 150 valence electrons. The van der Waals surface area contributed by atoms with E-state index < -0.39 is 12.1 Å². The van der Waals surface area contributed by atoms with Crippen molar-refractivity contribution in [2.24, 2.45) is 0 Å². The van der Waals surface area contributed by atoms with Gasteiger partial charge in [-0.25, -0.2) is 4.79 Å². The predicted molar refractivity (Wildman–Crippen MR) is 107 cm³/mol. The second kappa shape index (κ2) is 10.3. The Balaban J connectivity index is 1.98. The van der Waals surface area contributed by atoms with Crippen molar-refractivity contribution in [2.45, 2.75) is 32.3 Å². The van der Waals surface area contributed by atoms with Gasteiger partial charge < -0.3 is 19.5 Å². The lowest BCUT2D eigenvalue weighted by Gasteiger charge is -2.19. The maximum atomic E-state index is 12.5. The number of hydrogen-bond donors (Lipinski definition) is 1. The Kier molecular flexibility index (Phi) is 7.87. The lowest BCUT2D eigenvalue weighted by Crippen LogP contribution is -2.38. The summed E-state index contributed by atoms with van der Waals surface area (Å²) < 4.78 is 15.8. The molecule has 0 saturated carbocycles. The molecule has 0 spiro atoms. The summed E-state index contributed by atoms with van der Waals surface area (Å²) in [7, 11) is 2.93. The Bertz CT molecular complexity index is 791. The molecule has 0 aliphatic heterocycles. The van der Waals surface area contributed by atoms with Crippen molar-refractivity contribution in [3.63, 3.8) is 0 Å². The zero-order valence-corrected chi connectivity index (χ0v) is 16.7. The molecule has 0 saturated heterocycles. The number of nitrogens with one attached hydrogen (secondary N) is 1. The lowest BCUT2D eigenvalue weighted by molar-refractivity contribution is -0.129. The highest BCUT2D eigenvalue weighted by atomic mass is 16.6. The molecule has 0 aromatic heterocycles. The smallest absolute Gasteiger partial charge is 0.342 e.